The maximum Gasteiger partial charge on any atom is 0.334 e. The molecule has 0 saturated carbocycles. The van der Waals surface area contributed by atoms with E-state index < -0.39 is 23.9 Å². The van der Waals surface area contributed by atoms with Crippen LogP contribution in [0.15, 0.2) is 22.3 Å². The van der Waals surface area contributed by atoms with Crippen LogP contribution in [-0.2, 0) is 23.9 Å². The van der Waals surface area contributed by atoms with Gasteiger partial charge in [0.05, 0.1) is 18.3 Å². The van der Waals surface area contributed by atoms with Gasteiger partial charge in [-0.05, 0) is 50.4 Å². The first-order valence-electron chi connectivity index (χ1n) is 8.86. The molecule has 0 saturated heterocycles. The smallest absolute Gasteiger partial charge is 0.334 e. The Hall–Kier alpha value is -2.64. The van der Waals surface area contributed by atoms with Crippen molar-refractivity contribution < 1.29 is 39.2 Å². The van der Waals surface area contributed by atoms with E-state index in [1.807, 2.05) is 6.92 Å². The van der Waals surface area contributed by atoms with E-state index in [0.717, 1.165) is 25.7 Å². The van der Waals surface area contributed by atoms with Gasteiger partial charge < -0.3 is 20.1 Å². The molecule has 27 heavy (non-hydrogen) atoms. The minimum Gasteiger partial charge on any atom is -0.478 e. The summed E-state index contributed by atoms with van der Waals surface area (Å²) in [6, 6.07) is 0. The van der Waals surface area contributed by atoms with Crippen LogP contribution in [0.3, 0.4) is 0 Å². The Morgan fingerprint density at radius 2 is 1.19 bits per heavy atom. The normalized spacial score (nSPS) is 22.5. The molecule has 3 N–H and O–H groups in total. The summed E-state index contributed by atoms with van der Waals surface area (Å²) >= 11 is 0. The zero-order valence-electron chi connectivity index (χ0n) is 15.8. The van der Waals surface area contributed by atoms with Gasteiger partial charge in [-0.1, -0.05) is 13.8 Å². The quantitative estimate of drug-likeness (QED) is 0.631. The van der Waals surface area contributed by atoms with Crippen molar-refractivity contribution >= 4 is 23.9 Å². The lowest BCUT2D eigenvalue weighted by molar-refractivity contribution is -0.138. The molecular weight excluding hydrogens is 356 g/mol. The SMILES string of the molecule is CC1CCCC(C(=O)O)=C1C(=O)O.COC(=O)C1=C(C(=O)O)C(C)CCC1. The number of aliphatic carboxylic acids is 3. The van der Waals surface area contributed by atoms with E-state index in [4.69, 9.17) is 15.3 Å². The van der Waals surface area contributed by atoms with Crippen LogP contribution in [-0.4, -0.2) is 46.3 Å². The number of methoxy groups -OCH3 is 1. The lowest BCUT2D eigenvalue weighted by Gasteiger charge is -2.21. The monoisotopic (exact) mass is 382 g/mol. The largest absolute Gasteiger partial charge is 0.478 e. The summed E-state index contributed by atoms with van der Waals surface area (Å²) in [5.41, 5.74) is 0.715. The van der Waals surface area contributed by atoms with Crippen molar-refractivity contribution in [1.29, 1.82) is 0 Å². The van der Waals surface area contributed by atoms with Gasteiger partial charge in [-0.15, -0.1) is 0 Å². The summed E-state index contributed by atoms with van der Waals surface area (Å²) in [7, 11) is 1.27. The number of carbonyl (C=O) groups is 4. The fourth-order valence-corrected chi connectivity index (χ4v) is 3.56. The van der Waals surface area contributed by atoms with Crippen LogP contribution in [0.1, 0.15) is 52.4 Å². The summed E-state index contributed by atoms with van der Waals surface area (Å²) in [6.45, 7) is 3.58. The van der Waals surface area contributed by atoms with Crippen molar-refractivity contribution in [2.45, 2.75) is 52.4 Å². The van der Waals surface area contributed by atoms with Crippen LogP contribution < -0.4 is 0 Å². The number of hydrogen-bond donors (Lipinski definition) is 3. The van der Waals surface area contributed by atoms with Crippen molar-refractivity contribution in [1.82, 2.24) is 0 Å². The van der Waals surface area contributed by atoms with E-state index in [1.165, 1.54) is 7.11 Å². The van der Waals surface area contributed by atoms with Gasteiger partial charge in [-0.2, -0.15) is 0 Å². The van der Waals surface area contributed by atoms with E-state index in [2.05, 4.69) is 4.74 Å². The fourth-order valence-electron chi connectivity index (χ4n) is 3.56. The first-order chi connectivity index (χ1) is 12.6. The number of hydrogen-bond acceptors (Lipinski definition) is 5. The molecule has 2 aliphatic rings. The van der Waals surface area contributed by atoms with Gasteiger partial charge in [-0.3, -0.25) is 0 Å². The summed E-state index contributed by atoms with van der Waals surface area (Å²) in [6.07, 6.45) is 4.09. The molecule has 0 heterocycles. The number of rotatable bonds is 4. The Labute approximate surface area is 157 Å². The van der Waals surface area contributed by atoms with E-state index in [9.17, 15) is 19.2 Å². The zero-order chi connectivity index (χ0) is 20.7. The predicted molar refractivity (Wildman–Crippen MR) is 95.0 cm³/mol. The van der Waals surface area contributed by atoms with Gasteiger partial charge in [0, 0.05) is 11.1 Å². The van der Waals surface area contributed by atoms with Crippen LogP contribution in [0.2, 0.25) is 0 Å². The van der Waals surface area contributed by atoms with Crippen LogP contribution in [0.5, 0.6) is 0 Å². The Balaban J connectivity index is 0.000000271. The third-order valence-electron chi connectivity index (χ3n) is 4.91. The van der Waals surface area contributed by atoms with Crippen molar-refractivity contribution in [3.63, 3.8) is 0 Å². The Morgan fingerprint density at radius 1 is 0.778 bits per heavy atom. The third-order valence-corrected chi connectivity index (χ3v) is 4.91. The van der Waals surface area contributed by atoms with E-state index in [-0.39, 0.29) is 28.6 Å². The highest BCUT2D eigenvalue weighted by Gasteiger charge is 2.29. The average molecular weight is 382 g/mol. The van der Waals surface area contributed by atoms with E-state index in [0.29, 0.717) is 18.4 Å². The second kappa shape index (κ2) is 9.89. The van der Waals surface area contributed by atoms with E-state index >= 15 is 0 Å². The number of carboxylic acids is 3. The standard InChI is InChI=1S/C10H14O4.C9H12O4/c1-6-4-3-5-7(10(13)14-2)8(6)9(11)12;1-5-3-2-4-6(8(10)11)7(5)9(12)13/h6H,3-5H2,1-2H3,(H,11,12);5H,2-4H2,1H3,(H,10,11)(H,12,13). The predicted octanol–water partition coefficient (Wildman–Crippen LogP) is 2.63. The van der Waals surface area contributed by atoms with Gasteiger partial charge in [0.25, 0.3) is 0 Å². The van der Waals surface area contributed by atoms with Crippen molar-refractivity contribution in [3.8, 4) is 0 Å². The minimum atomic E-state index is -1.09. The Bertz CT molecular complexity index is 686. The zero-order valence-corrected chi connectivity index (χ0v) is 15.8. The van der Waals surface area contributed by atoms with Crippen LogP contribution in [0, 0.1) is 11.8 Å². The first-order valence-corrected chi connectivity index (χ1v) is 8.86. The molecule has 8 heteroatoms. The second-order valence-corrected chi connectivity index (χ2v) is 6.78. The van der Waals surface area contributed by atoms with Gasteiger partial charge >= 0.3 is 23.9 Å². The molecule has 2 atom stereocenters. The molecule has 8 nitrogen and oxygen atoms in total. The molecule has 0 radical (unpaired) electrons. The van der Waals surface area contributed by atoms with Crippen molar-refractivity contribution in [3.05, 3.63) is 22.3 Å². The number of carbonyl (C=O) groups excluding carboxylic acids is 1. The number of carboxylic acid groups (broad SMARTS) is 3. The van der Waals surface area contributed by atoms with Crippen LogP contribution >= 0.6 is 0 Å². The highest BCUT2D eigenvalue weighted by atomic mass is 16.5. The second-order valence-electron chi connectivity index (χ2n) is 6.78. The minimum absolute atomic E-state index is 0.0599. The molecule has 2 rings (SSSR count). The molecule has 0 spiro atoms. The highest BCUT2D eigenvalue weighted by molar-refractivity contribution is 6.00. The first kappa shape index (κ1) is 22.4. The van der Waals surface area contributed by atoms with Gasteiger partial charge in [0.1, 0.15) is 0 Å². The summed E-state index contributed by atoms with van der Waals surface area (Å²) in [5.74, 6) is -3.90. The molecule has 0 amide bonds. The molecule has 2 aliphatic carbocycles. The van der Waals surface area contributed by atoms with Crippen molar-refractivity contribution in [2.75, 3.05) is 7.11 Å². The molecule has 0 aromatic rings. The molecule has 0 bridgehead atoms. The number of ether oxygens (including phenoxy) is 1. The molecule has 0 aromatic heterocycles. The molecular formula is C19H26O8. The van der Waals surface area contributed by atoms with Crippen molar-refractivity contribution in [2.24, 2.45) is 11.8 Å². The topological polar surface area (TPSA) is 138 Å². The van der Waals surface area contributed by atoms with Crippen LogP contribution in [0.25, 0.3) is 0 Å². The van der Waals surface area contributed by atoms with E-state index in [1.54, 1.807) is 6.92 Å². The summed E-state index contributed by atoms with van der Waals surface area (Å²) < 4.78 is 4.56. The maximum absolute atomic E-state index is 11.3. The Kier molecular flexibility index (Phi) is 8.21. The molecule has 2 unspecified atom stereocenters. The lowest BCUT2D eigenvalue weighted by Crippen LogP contribution is -2.21. The lowest BCUT2D eigenvalue weighted by atomic mass is 9.84. The summed E-state index contributed by atoms with van der Waals surface area (Å²) in [5, 5.41) is 26.5. The fraction of sp³-hybridized carbons (Fsp3) is 0.579. The maximum atomic E-state index is 11.3. The molecule has 0 aliphatic heterocycles. The van der Waals surface area contributed by atoms with Gasteiger partial charge in [0.2, 0.25) is 0 Å². The Morgan fingerprint density at radius 3 is 1.52 bits per heavy atom. The highest BCUT2D eigenvalue weighted by Crippen LogP contribution is 2.31. The number of esters is 1. The average Bonchev–Trinajstić information content (AvgIpc) is 2.60. The van der Waals surface area contributed by atoms with Gasteiger partial charge in [0.15, 0.2) is 0 Å². The molecule has 150 valence electrons. The summed E-state index contributed by atoms with van der Waals surface area (Å²) in [4.78, 5) is 43.7. The molecule has 0 aromatic carbocycles. The molecule has 0 fully saturated rings. The third kappa shape index (κ3) is 5.67. The van der Waals surface area contributed by atoms with Crippen LogP contribution in [0.4, 0.5) is 0 Å². The van der Waals surface area contributed by atoms with Gasteiger partial charge in [-0.25, -0.2) is 19.2 Å².